The van der Waals surface area contributed by atoms with Gasteiger partial charge in [-0.3, -0.25) is 4.79 Å². The van der Waals surface area contributed by atoms with Gasteiger partial charge in [0, 0.05) is 12.1 Å². The molecule has 2 heterocycles. The topological polar surface area (TPSA) is 78.9 Å². The predicted molar refractivity (Wildman–Crippen MR) is 75.5 cm³/mol. The summed E-state index contributed by atoms with van der Waals surface area (Å²) < 4.78 is 0. The van der Waals surface area contributed by atoms with Crippen LogP contribution in [0.3, 0.4) is 0 Å². The number of nitrogens with zero attached hydrogens (tertiary/aromatic N) is 2. The Labute approximate surface area is 117 Å². The lowest BCUT2D eigenvalue weighted by molar-refractivity contribution is -0.142. The summed E-state index contributed by atoms with van der Waals surface area (Å²) in [6.45, 7) is 4.13. The molecular formula is C15H19N3O2. The average Bonchev–Trinajstić information content (AvgIpc) is 3.02. The van der Waals surface area contributed by atoms with Crippen LogP contribution in [0.5, 0.6) is 0 Å². The Kier molecular flexibility index (Phi) is 3.20. The fourth-order valence-corrected chi connectivity index (χ4v) is 3.28. The maximum Gasteiger partial charge on any atom is 0.307 e. The highest BCUT2D eigenvalue weighted by molar-refractivity contribution is 5.75. The van der Waals surface area contributed by atoms with Gasteiger partial charge >= 0.3 is 5.97 Å². The summed E-state index contributed by atoms with van der Waals surface area (Å²) in [4.78, 5) is 23.6. The molecule has 5 heteroatoms. The Bertz CT molecular complexity index is 650. The van der Waals surface area contributed by atoms with Crippen molar-refractivity contribution in [3.63, 3.8) is 0 Å². The number of hydrogen-bond donors (Lipinski definition) is 2. The highest BCUT2D eigenvalue weighted by Gasteiger charge is 2.40. The summed E-state index contributed by atoms with van der Waals surface area (Å²) >= 11 is 0. The first-order chi connectivity index (χ1) is 9.60. The number of aromatic amines is 1. The molecule has 0 amide bonds. The standard InChI is InChI=1S/C15H19N3O2/c1-3-9-6-10(11(7-9)15(19)20)13-17-12-8(2)4-5-16-14(12)18-13/h4-5,9-11H,3,6-7H2,1-2H3,(H,19,20)(H,16,17,18). The Morgan fingerprint density at radius 1 is 1.50 bits per heavy atom. The smallest absolute Gasteiger partial charge is 0.307 e. The van der Waals surface area contributed by atoms with E-state index in [0.717, 1.165) is 36.2 Å². The van der Waals surface area contributed by atoms with Crippen LogP contribution in [0.1, 0.15) is 43.5 Å². The van der Waals surface area contributed by atoms with Crippen LogP contribution >= 0.6 is 0 Å². The SMILES string of the molecule is CCC1CC(C(=O)O)C(c2nc3nccc(C)c3[nH]2)C1. The third kappa shape index (κ3) is 2.07. The monoisotopic (exact) mass is 273 g/mol. The molecule has 20 heavy (non-hydrogen) atoms. The lowest BCUT2D eigenvalue weighted by atomic mass is 9.96. The molecule has 1 fully saturated rings. The number of aromatic nitrogens is 3. The number of carboxylic acids is 1. The molecule has 5 nitrogen and oxygen atoms in total. The molecule has 1 aliphatic carbocycles. The molecule has 2 aromatic heterocycles. The molecule has 0 saturated heterocycles. The molecule has 0 spiro atoms. The predicted octanol–water partition coefficient (Wildman–Crippen LogP) is 2.87. The van der Waals surface area contributed by atoms with E-state index in [1.54, 1.807) is 6.20 Å². The number of rotatable bonds is 3. The van der Waals surface area contributed by atoms with E-state index in [0.29, 0.717) is 11.6 Å². The maximum atomic E-state index is 11.5. The van der Waals surface area contributed by atoms with Crippen molar-refractivity contribution in [2.75, 3.05) is 0 Å². The van der Waals surface area contributed by atoms with Gasteiger partial charge in [-0.15, -0.1) is 0 Å². The van der Waals surface area contributed by atoms with E-state index in [-0.39, 0.29) is 11.8 Å². The summed E-state index contributed by atoms with van der Waals surface area (Å²) in [7, 11) is 0. The second-order valence-electron chi connectivity index (χ2n) is 5.75. The van der Waals surface area contributed by atoms with Crippen molar-refractivity contribution < 1.29 is 9.90 Å². The largest absolute Gasteiger partial charge is 0.481 e. The van der Waals surface area contributed by atoms with Crippen LogP contribution in [-0.2, 0) is 4.79 Å². The molecule has 3 unspecified atom stereocenters. The molecule has 3 rings (SSSR count). The molecule has 2 aromatic rings. The number of aryl methyl sites for hydroxylation is 1. The van der Waals surface area contributed by atoms with Crippen LogP contribution in [0.15, 0.2) is 12.3 Å². The van der Waals surface area contributed by atoms with Gasteiger partial charge in [0.2, 0.25) is 0 Å². The third-order valence-corrected chi connectivity index (χ3v) is 4.52. The lowest BCUT2D eigenvalue weighted by Gasteiger charge is -2.12. The minimum Gasteiger partial charge on any atom is -0.481 e. The molecule has 0 aliphatic heterocycles. The Hall–Kier alpha value is -1.91. The molecule has 1 saturated carbocycles. The highest BCUT2D eigenvalue weighted by atomic mass is 16.4. The van der Waals surface area contributed by atoms with Crippen molar-refractivity contribution in [2.24, 2.45) is 11.8 Å². The van der Waals surface area contributed by atoms with E-state index in [1.165, 1.54) is 0 Å². The van der Waals surface area contributed by atoms with Gasteiger partial charge in [0.25, 0.3) is 0 Å². The van der Waals surface area contributed by atoms with E-state index in [9.17, 15) is 9.90 Å². The summed E-state index contributed by atoms with van der Waals surface area (Å²) in [5.41, 5.74) is 2.70. The second kappa shape index (κ2) is 4.89. The summed E-state index contributed by atoms with van der Waals surface area (Å²) in [6.07, 6.45) is 4.41. The molecule has 2 N–H and O–H groups in total. The third-order valence-electron chi connectivity index (χ3n) is 4.52. The van der Waals surface area contributed by atoms with Gasteiger partial charge in [-0.25, -0.2) is 9.97 Å². The Balaban J connectivity index is 2.00. The van der Waals surface area contributed by atoms with Crippen LogP contribution in [0.25, 0.3) is 11.2 Å². The minimum atomic E-state index is -0.712. The zero-order valence-corrected chi connectivity index (χ0v) is 11.8. The van der Waals surface area contributed by atoms with Crippen molar-refractivity contribution in [3.8, 4) is 0 Å². The second-order valence-corrected chi connectivity index (χ2v) is 5.75. The number of carbonyl (C=O) groups is 1. The highest BCUT2D eigenvalue weighted by Crippen LogP contribution is 2.43. The van der Waals surface area contributed by atoms with Gasteiger partial charge in [-0.2, -0.15) is 0 Å². The van der Waals surface area contributed by atoms with Gasteiger partial charge < -0.3 is 10.1 Å². The van der Waals surface area contributed by atoms with Crippen LogP contribution in [0.2, 0.25) is 0 Å². The number of pyridine rings is 1. The van der Waals surface area contributed by atoms with E-state index < -0.39 is 5.97 Å². The van der Waals surface area contributed by atoms with E-state index in [1.807, 2.05) is 13.0 Å². The first-order valence-electron chi connectivity index (χ1n) is 7.14. The van der Waals surface area contributed by atoms with Crippen LogP contribution in [-0.4, -0.2) is 26.0 Å². The van der Waals surface area contributed by atoms with Gasteiger partial charge in [-0.1, -0.05) is 13.3 Å². The van der Waals surface area contributed by atoms with Crippen molar-refractivity contribution in [3.05, 3.63) is 23.7 Å². The van der Waals surface area contributed by atoms with E-state index >= 15 is 0 Å². The average molecular weight is 273 g/mol. The first-order valence-corrected chi connectivity index (χ1v) is 7.14. The number of nitrogens with one attached hydrogen (secondary N) is 1. The van der Waals surface area contributed by atoms with Crippen LogP contribution < -0.4 is 0 Å². The van der Waals surface area contributed by atoms with Gasteiger partial charge in [0.15, 0.2) is 5.65 Å². The van der Waals surface area contributed by atoms with E-state index in [4.69, 9.17) is 0 Å². The number of H-pyrrole nitrogens is 1. The number of aliphatic carboxylic acids is 1. The Morgan fingerprint density at radius 2 is 2.30 bits per heavy atom. The molecular weight excluding hydrogens is 254 g/mol. The number of fused-ring (bicyclic) bond motifs is 1. The molecule has 0 radical (unpaired) electrons. The van der Waals surface area contributed by atoms with E-state index in [2.05, 4.69) is 21.9 Å². The lowest BCUT2D eigenvalue weighted by Crippen LogP contribution is -2.17. The molecule has 3 atom stereocenters. The zero-order valence-electron chi connectivity index (χ0n) is 11.8. The fraction of sp³-hybridized carbons (Fsp3) is 0.533. The molecule has 0 aromatic carbocycles. The summed E-state index contributed by atoms with van der Waals surface area (Å²) in [5.74, 6) is 0.191. The van der Waals surface area contributed by atoms with Gasteiger partial charge in [0.1, 0.15) is 5.82 Å². The van der Waals surface area contributed by atoms with Crippen molar-refractivity contribution in [1.29, 1.82) is 0 Å². The van der Waals surface area contributed by atoms with Crippen molar-refractivity contribution in [1.82, 2.24) is 15.0 Å². The number of hydrogen-bond acceptors (Lipinski definition) is 3. The van der Waals surface area contributed by atoms with Gasteiger partial charge in [-0.05, 0) is 37.3 Å². The zero-order chi connectivity index (χ0) is 14.3. The molecule has 1 aliphatic rings. The summed E-state index contributed by atoms with van der Waals surface area (Å²) in [5, 5.41) is 9.43. The fourth-order valence-electron chi connectivity index (χ4n) is 3.28. The summed E-state index contributed by atoms with van der Waals surface area (Å²) in [6, 6.07) is 1.93. The maximum absolute atomic E-state index is 11.5. The minimum absolute atomic E-state index is 0.0222. The Morgan fingerprint density at radius 3 is 2.95 bits per heavy atom. The first kappa shape index (κ1) is 13.1. The normalized spacial score (nSPS) is 26.2. The molecule has 106 valence electrons. The van der Waals surface area contributed by atoms with Gasteiger partial charge in [0.05, 0.1) is 11.4 Å². The molecule has 0 bridgehead atoms. The number of imidazole rings is 1. The van der Waals surface area contributed by atoms with Crippen molar-refractivity contribution >= 4 is 17.1 Å². The van der Waals surface area contributed by atoms with Crippen LogP contribution in [0, 0.1) is 18.8 Å². The van der Waals surface area contributed by atoms with Crippen LogP contribution in [0.4, 0.5) is 0 Å². The number of carboxylic acid groups (broad SMARTS) is 1. The quantitative estimate of drug-likeness (QED) is 0.901. The van der Waals surface area contributed by atoms with Crippen molar-refractivity contribution in [2.45, 2.75) is 39.0 Å².